The van der Waals surface area contributed by atoms with E-state index in [1.165, 1.54) is 35.1 Å². The first-order chi connectivity index (χ1) is 14.9. The molecule has 0 radical (unpaired) electrons. The zero-order chi connectivity index (χ0) is 21.6. The summed E-state index contributed by atoms with van der Waals surface area (Å²) in [5, 5.41) is 17.0. The molecule has 1 aliphatic carbocycles. The van der Waals surface area contributed by atoms with Gasteiger partial charge in [0, 0.05) is 12.1 Å². The van der Waals surface area contributed by atoms with Gasteiger partial charge < -0.3 is 15.2 Å². The normalized spacial score (nSPS) is 22.2. The highest BCUT2D eigenvalue weighted by atomic mass is 19.1. The average molecular weight is 422 g/mol. The fourth-order valence-electron chi connectivity index (χ4n) is 4.30. The van der Waals surface area contributed by atoms with Gasteiger partial charge in [0.1, 0.15) is 5.82 Å². The van der Waals surface area contributed by atoms with Crippen LogP contribution in [0.4, 0.5) is 10.2 Å². The Balaban J connectivity index is 1.27. The molecule has 8 nitrogen and oxygen atoms in total. The zero-order valence-electron chi connectivity index (χ0n) is 16.4. The summed E-state index contributed by atoms with van der Waals surface area (Å²) in [6.45, 7) is 0. The van der Waals surface area contributed by atoms with Crippen LogP contribution >= 0.6 is 0 Å². The molecule has 31 heavy (non-hydrogen) atoms. The predicted molar refractivity (Wildman–Crippen MR) is 107 cm³/mol. The van der Waals surface area contributed by atoms with Gasteiger partial charge in [0.15, 0.2) is 17.2 Å². The Hall–Kier alpha value is -3.75. The van der Waals surface area contributed by atoms with Crippen molar-refractivity contribution >= 4 is 17.7 Å². The highest BCUT2D eigenvalue weighted by Crippen LogP contribution is 2.47. The van der Waals surface area contributed by atoms with E-state index in [9.17, 15) is 19.1 Å². The Morgan fingerprint density at radius 2 is 1.97 bits per heavy atom. The number of hydrogen-bond donors (Lipinski definition) is 2. The molecule has 1 amide bonds. The van der Waals surface area contributed by atoms with Gasteiger partial charge in [0.05, 0.1) is 23.1 Å². The van der Waals surface area contributed by atoms with E-state index in [1.807, 2.05) is 0 Å². The lowest BCUT2D eigenvalue weighted by Crippen LogP contribution is -2.36. The third kappa shape index (κ3) is 3.31. The van der Waals surface area contributed by atoms with Crippen LogP contribution in [0.5, 0.6) is 5.75 Å². The van der Waals surface area contributed by atoms with E-state index in [2.05, 4.69) is 15.4 Å². The van der Waals surface area contributed by atoms with Crippen molar-refractivity contribution in [2.24, 2.45) is 5.92 Å². The van der Waals surface area contributed by atoms with Crippen LogP contribution in [0.2, 0.25) is 0 Å². The van der Waals surface area contributed by atoms with Crippen LogP contribution in [0, 0.1) is 11.7 Å². The molecule has 3 aromatic rings. The predicted octanol–water partition coefficient (Wildman–Crippen LogP) is 3.31. The lowest BCUT2D eigenvalue weighted by Gasteiger charge is -2.35. The van der Waals surface area contributed by atoms with Gasteiger partial charge in [-0.1, -0.05) is 0 Å². The molecule has 1 saturated carbocycles. The van der Waals surface area contributed by atoms with Crippen LogP contribution in [-0.2, 0) is 15.1 Å². The maximum Gasteiger partial charge on any atom is 0.341 e. The average Bonchev–Trinajstić information content (AvgIpc) is 3.27. The molecule has 158 valence electrons. The van der Waals surface area contributed by atoms with E-state index < -0.39 is 5.60 Å². The summed E-state index contributed by atoms with van der Waals surface area (Å²) >= 11 is 0. The summed E-state index contributed by atoms with van der Waals surface area (Å²) in [7, 11) is 0. The molecule has 2 aromatic heterocycles. The number of anilines is 1. The Morgan fingerprint density at radius 1 is 1.23 bits per heavy atom. The maximum absolute atomic E-state index is 13.1. The number of pyridine rings is 1. The first-order valence-electron chi connectivity index (χ1n) is 9.99. The van der Waals surface area contributed by atoms with E-state index in [0.29, 0.717) is 42.6 Å². The SMILES string of the molecule is O=C1OC2(CCC(C(=O)Nc3nn(-c4ccc(F)cc4)cc3O)CC2)c2ncccc21. The molecule has 1 spiro atoms. The quantitative estimate of drug-likeness (QED) is 0.628. The van der Waals surface area contributed by atoms with Gasteiger partial charge >= 0.3 is 5.97 Å². The minimum absolute atomic E-state index is 0.0360. The molecular formula is C22H19FN4O4. The van der Waals surface area contributed by atoms with Gasteiger partial charge in [-0.05, 0) is 62.1 Å². The number of carbonyl (C=O) groups is 2. The summed E-state index contributed by atoms with van der Waals surface area (Å²) in [5.74, 6) is -1.48. The number of halogens is 1. The molecule has 0 saturated heterocycles. The number of nitrogens with one attached hydrogen (secondary N) is 1. The summed E-state index contributed by atoms with van der Waals surface area (Å²) in [5.41, 5.74) is 0.916. The van der Waals surface area contributed by atoms with Crippen LogP contribution in [0.3, 0.4) is 0 Å². The Bertz CT molecular complexity index is 1170. The largest absolute Gasteiger partial charge is 0.503 e. The van der Waals surface area contributed by atoms with Crippen LogP contribution in [0.15, 0.2) is 48.8 Å². The molecule has 2 aliphatic rings. The monoisotopic (exact) mass is 422 g/mol. The fourth-order valence-corrected chi connectivity index (χ4v) is 4.30. The number of benzene rings is 1. The molecule has 2 N–H and O–H groups in total. The Morgan fingerprint density at radius 3 is 2.71 bits per heavy atom. The van der Waals surface area contributed by atoms with Gasteiger partial charge in [-0.3, -0.25) is 9.78 Å². The molecule has 1 fully saturated rings. The van der Waals surface area contributed by atoms with E-state index in [4.69, 9.17) is 4.74 Å². The summed E-state index contributed by atoms with van der Waals surface area (Å²) in [4.78, 5) is 29.3. The molecule has 5 rings (SSSR count). The molecule has 0 atom stereocenters. The van der Waals surface area contributed by atoms with Crippen LogP contribution < -0.4 is 5.32 Å². The van der Waals surface area contributed by atoms with Crippen LogP contribution in [0.25, 0.3) is 5.69 Å². The molecule has 0 bridgehead atoms. The topological polar surface area (TPSA) is 106 Å². The summed E-state index contributed by atoms with van der Waals surface area (Å²) in [6.07, 6.45) is 5.00. The molecule has 1 aromatic carbocycles. The summed E-state index contributed by atoms with van der Waals surface area (Å²) in [6, 6.07) is 9.01. The first-order valence-corrected chi connectivity index (χ1v) is 9.99. The van der Waals surface area contributed by atoms with Gasteiger partial charge in [-0.15, -0.1) is 5.10 Å². The van der Waals surface area contributed by atoms with Gasteiger partial charge in [0.25, 0.3) is 0 Å². The van der Waals surface area contributed by atoms with Gasteiger partial charge in [-0.2, -0.15) is 0 Å². The first kappa shape index (κ1) is 19.2. The maximum atomic E-state index is 13.1. The highest BCUT2D eigenvalue weighted by Gasteiger charge is 2.49. The number of esters is 1. The molecule has 0 unspecified atom stereocenters. The van der Waals surface area contributed by atoms with E-state index in [0.717, 1.165) is 0 Å². The number of nitrogens with zero attached hydrogens (tertiary/aromatic N) is 3. The van der Waals surface area contributed by atoms with Crippen molar-refractivity contribution in [3.05, 3.63) is 65.9 Å². The second-order valence-electron chi connectivity index (χ2n) is 7.83. The number of fused-ring (bicyclic) bond motifs is 2. The number of aromatic hydroxyl groups is 1. The second kappa shape index (κ2) is 7.19. The van der Waals surface area contributed by atoms with E-state index in [-0.39, 0.29) is 35.2 Å². The molecule has 1 aliphatic heterocycles. The second-order valence-corrected chi connectivity index (χ2v) is 7.83. The Kier molecular flexibility index (Phi) is 4.46. The third-order valence-electron chi connectivity index (χ3n) is 5.94. The van der Waals surface area contributed by atoms with Gasteiger partial charge in [-0.25, -0.2) is 13.9 Å². The third-order valence-corrected chi connectivity index (χ3v) is 5.94. The zero-order valence-corrected chi connectivity index (χ0v) is 16.4. The number of carbonyl (C=O) groups excluding carboxylic acids is 2. The molecule has 9 heteroatoms. The lowest BCUT2D eigenvalue weighted by atomic mass is 9.76. The molecule has 3 heterocycles. The van der Waals surface area contributed by atoms with Crippen molar-refractivity contribution in [1.82, 2.24) is 14.8 Å². The van der Waals surface area contributed by atoms with E-state index >= 15 is 0 Å². The lowest BCUT2D eigenvalue weighted by molar-refractivity contribution is -0.123. The van der Waals surface area contributed by atoms with Crippen LogP contribution in [-0.4, -0.2) is 31.7 Å². The van der Waals surface area contributed by atoms with Crippen molar-refractivity contribution in [2.75, 3.05) is 5.32 Å². The fraction of sp³-hybridized carbons (Fsp3) is 0.273. The van der Waals surface area contributed by atoms with Gasteiger partial charge in [0.2, 0.25) is 5.91 Å². The van der Waals surface area contributed by atoms with E-state index in [1.54, 1.807) is 18.3 Å². The summed E-state index contributed by atoms with van der Waals surface area (Å²) < 4.78 is 20.1. The van der Waals surface area contributed by atoms with Crippen molar-refractivity contribution in [3.8, 4) is 11.4 Å². The smallest absolute Gasteiger partial charge is 0.341 e. The number of rotatable bonds is 3. The Labute approximate surface area is 176 Å². The molecular weight excluding hydrogens is 403 g/mol. The van der Waals surface area contributed by atoms with Crippen LogP contribution in [0.1, 0.15) is 41.7 Å². The minimum Gasteiger partial charge on any atom is -0.503 e. The standard InChI is InChI=1S/C22H19FN4O4/c23-14-3-5-15(6-4-14)27-12-17(28)19(26-27)25-20(29)13-7-9-22(10-8-13)18-16(21(30)31-22)2-1-11-24-18/h1-6,11-13,28H,7-10H2,(H,25,26,29). The van der Waals surface area contributed by atoms with Crippen molar-refractivity contribution < 1.29 is 23.8 Å². The van der Waals surface area contributed by atoms with Crippen molar-refractivity contribution in [1.29, 1.82) is 0 Å². The number of aromatic nitrogens is 3. The minimum atomic E-state index is -0.767. The van der Waals surface area contributed by atoms with Crippen molar-refractivity contribution in [3.63, 3.8) is 0 Å². The highest BCUT2D eigenvalue weighted by molar-refractivity contribution is 5.95. The van der Waals surface area contributed by atoms with Crippen molar-refractivity contribution in [2.45, 2.75) is 31.3 Å². The number of hydrogen-bond acceptors (Lipinski definition) is 6. The number of amides is 1. The number of ether oxygens (including phenoxy) is 1.